The number of hydrogen-bond donors (Lipinski definition) is 2. The summed E-state index contributed by atoms with van der Waals surface area (Å²) < 4.78 is 0. The predicted molar refractivity (Wildman–Crippen MR) is 84.5 cm³/mol. The van der Waals surface area contributed by atoms with Crippen molar-refractivity contribution in [2.24, 2.45) is 11.8 Å². The van der Waals surface area contributed by atoms with E-state index in [0.29, 0.717) is 0 Å². The molecular weight excluding hydrogens is 236 g/mol. The van der Waals surface area contributed by atoms with Gasteiger partial charge in [-0.2, -0.15) is 0 Å². The fraction of sp³-hybridized carbons (Fsp3) is 1.00. The number of aliphatic hydroxyl groups is 1. The molecule has 0 aliphatic heterocycles. The van der Waals surface area contributed by atoms with Crippen LogP contribution in [0.15, 0.2) is 0 Å². The summed E-state index contributed by atoms with van der Waals surface area (Å²) in [7, 11) is 0. The molecule has 3 nitrogen and oxygen atoms in total. The van der Waals surface area contributed by atoms with Gasteiger partial charge in [-0.3, -0.25) is 0 Å². The average molecular weight is 272 g/mol. The number of nitrogens with one attached hydrogen (secondary N) is 1. The summed E-state index contributed by atoms with van der Waals surface area (Å²) in [4.78, 5) is 2.52. The van der Waals surface area contributed by atoms with Gasteiger partial charge in [-0.1, -0.05) is 34.6 Å². The Hall–Kier alpha value is -0.120. The summed E-state index contributed by atoms with van der Waals surface area (Å²) in [5.74, 6) is 1.50. The van der Waals surface area contributed by atoms with Crippen LogP contribution in [0.4, 0.5) is 0 Å². The Morgan fingerprint density at radius 2 is 1.53 bits per heavy atom. The first-order chi connectivity index (χ1) is 8.99. The molecule has 0 aromatic heterocycles. The molecule has 0 aliphatic rings. The van der Waals surface area contributed by atoms with Gasteiger partial charge in [-0.15, -0.1) is 0 Å². The minimum atomic E-state index is 0.222. The van der Waals surface area contributed by atoms with Gasteiger partial charge < -0.3 is 15.3 Å². The van der Waals surface area contributed by atoms with Crippen molar-refractivity contribution in [1.29, 1.82) is 0 Å². The van der Waals surface area contributed by atoms with E-state index in [9.17, 15) is 5.11 Å². The minimum Gasteiger partial charge on any atom is -0.395 e. The maximum Gasteiger partial charge on any atom is 0.0597 e. The summed E-state index contributed by atoms with van der Waals surface area (Å²) in [5, 5.41) is 12.9. The van der Waals surface area contributed by atoms with Gasteiger partial charge in [0.25, 0.3) is 0 Å². The standard InChI is InChI=1S/C16H36N2O/c1-6-9-17-16(13-19)12-18(10-7-14(2)3)11-8-15(4)5/h14-17,19H,6-13H2,1-5H3. The van der Waals surface area contributed by atoms with Crippen LogP contribution in [0.1, 0.15) is 53.9 Å². The first kappa shape index (κ1) is 18.9. The molecule has 0 aliphatic carbocycles. The molecule has 0 rings (SSSR count). The van der Waals surface area contributed by atoms with E-state index in [0.717, 1.165) is 44.4 Å². The zero-order valence-corrected chi connectivity index (χ0v) is 13.8. The highest BCUT2D eigenvalue weighted by atomic mass is 16.3. The summed E-state index contributed by atoms with van der Waals surface area (Å²) in [5.41, 5.74) is 0. The van der Waals surface area contributed by atoms with Crippen molar-refractivity contribution in [3.05, 3.63) is 0 Å². The normalized spacial score (nSPS) is 13.7. The molecule has 116 valence electrons. The molecule has 0 saturated carbocycles. The number of rotatable bonds is 12. The van der Waals surface area contributed by atoms with Gasteiger partial charge in [0, 0.05) is 12.6 Å². The smallest absolute Gasteiger partial charge is 0.0597 e. The predicted octanol–water partition coefficient (Wildman–Crippen LogP) is 2.74. The minimum absolute atomic E-state index is 0.222. The van der Waals surface area contributed by atoms with Gasteiger partial charge in [-0.05, 0) is 50.7 Å². The largest absolute Gasteiger partial charge is 0.395 e. The van der Waals surface area contributed by atoms with E-state index in [1.165, 1.54) is 12.8 Å². The molecule has 2 N–H and O–H groups in total. The molecule has 0 radical (unpaired) electrons. The van der Waals surface area contributed by atoms with Crippen LogP contribution in [-0.2, 0) is 0 Å². The first-order valence-corrected chi connectivity index (χ1v) is 8.06. The van der Waals surface area contributed by atoms with Crippen molar-refractivity contribution in [3.8, 4) is 0 Å². The molecule has 0 saturated heterocycles. The van der Waals surface area contributed by atoms with Crippen molar-refractivity contribution in [2.45, 2.75) is 59.9 Å². The van der Waals surface area contributed by atoms with Gasteiger partial charge >= 0.3 is 0 Å². The maximum absolute atomic E-state index is 9.47. The van der Waals surface area contributed by atoms with Crippen molar-refractivity contribution in [3.63, 3.8) is 0 Å². The van der Waals surface area contributed by atoms with Crippen LogP contribution in [0.5, 0.6) is 0 Å². The zero-order valence-electron chi connectivity index (χ0n) is 13.8. The molecule has 19 heavy (non-hydrogen) atoms. The number of hydrogen-bond acceptors (Lipinski definition) is 3. The second kappa shape index (κ2) is 11.7. The molecule has 0 aromatic carbocycles. The van der Waals surface area contributed by atoms with Crippen molar-refractivity contribution >= 4 is 0 Å². The van der Waals surface area contributed by atoms with Gasteiger partial charge in [0.2, 0.25) is 0 Å². The monoisotopic (exact) mass is 272 g/mol. The molecule has 0 fully saturated rings. The highest BCUT2D eigenvalue weighted by Gasteiger charge is 2.13. The SMILES string of the molecule is CCCNC(CO)CN(CCC(C)C)CCC(C)C. The summed E-state index contributed by atoms with van der Waals surface area (Å²) in [6.45, 7) is 15.8. The Morgan fingerprint density at radius 1 is 1.00 bits per heavy atom. The van der Waals surface area contributed by atoms with Crippen LogP contribution >= 0.6 is 0 Å². The Kier molecular flexibility index (Phi) is 11.6. The van der Waals surface area contributed by atoms with Crippen LogP contribution in [0, 0.1) is 11.8 Å². The third-order valence-corrected chi connectivity index (χ3v) is 3.43. The Morgan fingerprint density at radius 3 is 1.89 bits per heavy atom. The van der Waals surface area contributed by atoms with E-state index in [-0.39, 0.29) is 12.6 Å². The van der Waals surface area contributed by atoms with E-state index in [4.69, 9.17) is 0 Å². The third-order valence-electron chi connectivity index (χ3n) is 3.43. The molecule has 0 bridgehead atoms. The van der Waals surface area contributed by atoms with Gasteiger partial charge in [0.05, 0.1) is 6.61 Å². The molecule has 0 heterocycles. The molecule has 1 unspecified atom stereocenters. The molecular formula is C16H36N2O. The van der Waals surface area contributed by atoms with Crippen LogP contribution in [0.2, 0.25) is 0 Å². The summed E-state index contributed by atoms with van der Waals surface area (Å²) in [6, 6.07) is 0.222. The Balaban J connectivity index is 4.19. The van der Waals surface area contributed by atoms with Crippen molar-refractivity contribution < 1.29 is 5.11 Å². The fourth-order valence-electron chi connectivity index (χ4n) is 2.02. The van der Waals surface area contributed by atoms with Crippen molar-refractivity contribution in [1.82, 2.24) is 10.2 Å². The third kappa shape index (κ3) is 11.4. The van der Waals surface area contributed by atoms with Gasteiger partial charge in [0.1, 0.15) is 0 Å². The topological polar surface area (TPSA) is 35.5 Å². The average Bonchev–Trinajstić information content (AvgIpc) is 2.36. The number of aliphatic hydroxyl groups excluding tert-OH is 1. The summed E-state index contributed by atoms with van der Waals surface area (Å²) >= 11 is 0. The quantitative estimate of drug-likeness (QED) is 0.573. The molecule has 3 heteroatoms. The lowest BCUT2D eigenvalue weighted by Crippen LogP contribution is -2.44. The molecule has 1 atom stereocenters. The fourth-order valence-corrected chi connectivity index (χ4v) is 2.02. The van der Waals surface area contributed by atoms with Gasteiger partial charge in [0.15, 0.2) is 0 Å². The second-order valence-corrected chi connectivity index (χ2v) is 6.50. The highest BCUT2D eigenvalue weighted by Crippen LogP contribution is 2.07. The molecule has 0 amide bonds. The van der Waals surface area contributed by atoms with E-state index >= 15 is 0 Å². The van der Waals surface area contributed by atoms with E-state index in [1.54, 1.807) is 0 Å². The summed E-state index contributed by atoms with van der Waals surface area (Å²) in [6.07, 6.45) is 3.60. The lowest BCUT2D eigenvalue weighted by molar-refractivity contribution is 0.171. The lowest BCUT2D eigenvalue weighted by atomic mass is 10.1. The second-order valence-electron chi connectivity index (χ2n) is 6.50. The Labute approximate surface area is 120 Å². The molecule has 0 spiro atoms. The Bertz CT molecular complexity index is 183. The first-order valence-electron chi connectivity index (χ1n) is 8.06. The zero-order chi connectivity index (χ0) is 14.7. The van der Waals surface area contributed by atoms with E-state index in [1.807, 2.05) is 0 Å². The molecule has 0 aromatic rings. The van der Waals surface area contributed by atoms with Crippen molar-refractivity contribution in [2.75, 3.05) is 32.8 Å². The maximum atomic E-state index is 9.47. The van der Waals surface area contributed by atoms with E-state index < -0.39 is 0 Å². The van der Waals surface area contributed by atoms with Gasteiger partial charge in [-0.25, -0.2) is 0 Å². The number of nitrogens with zero attached hydrogens (tertiary/aromatic N) is 1. The van der Waals surface area contributed by atoms with Crippen LogP contribution in [-0.4, -0.2) is 48.8 Å². The van der Waals surface area contributed by atoms with Crippen LogP contribution in [0.3, 0.4) is 0 Å². The lowest BCUT2D eigenvalue weighted by Gasteiger charge is -2.28. The van der Waals surface area contributed by atoms with E-state index in [2.05, 4.69) is 44.8 Å². The van der Waals surface area contributed by atoms with Crippen LogP contribution in [0.25, 0.3) is 0 Å². The van der Waals surface area contributed by atoms with Crippen LogP contribution < -0.4 is 5.32 Å². The highest BCUT2D eigenvalue weighted by molar-refractivity contribution is 4.72.